The van der Waals surface area contributed by atoms with Crippen LogP contribution in [0, 0.1) is 5.92 Å². The number of rotatable bonds is 4. The van der Waals surface area contributed by atoms with E-state index in [0.29, 0.717) is 19.6 Å². The van der Waals surface area contributed by atoms with E-state index < -0.39 is 16.9 Å². The average molecular weight is 474 g/mol. The fraction of sp³-hybridized carbons (Fsp3) is 0.625. The van der Waals surface area contributed by atoms with E-state index in [4.69, 9.17) is 4.74 Å². The van der Waals surface area contributed by atoms with Gasteiger partial charge in [0.15, 0.2) is 0 Å². The molecule has 186 valence electrons. The second-order valence-electron chi connectivity index (χ2n) is 10.3. The number of piperidine rings is 1. The zero-order valence-electron chi connectivity index (χ0n) is 21.1. The largest absolute Gasteiger partial charge is 0.444 e. The second-order valence-corrected chi connectivity index (χ2v) is 10.3. The molecule has 3 rings (SSSR count). The van der Waals surface area contributed by atoms with E-state index >= 15 is 0 Å². The lowest BCUT2D eigenvalue weighted by molar-refractivity contribution is 0.0123. The maximum atomic E-state index is 13.3. The Bertz CT molecular complexity index is 1210. The van der Waals surface area contributed by atoms with Crippen molar-refractivity contribution in [2.75, 3.05) is 19.6 Å². The highest BCUT2D eigenvalue weighted by molar-refractivity contribution is 5.94. The summed E-state index contributed by atoms with van der Waals surface area (Å²) >= 11 is 0. The maximum absolute atomic E-state index is 13.3. The number of carbonyl (C=O) groups excluding carboxylic acids is 2. The molecule has 0 aliphatic carbocycles. The normalized spacial score (nSPS) is 16.7. The first-order valence-electron chi connectivity index (χ1n) is 11.7. The zero-order chi connectivity index (χ0) is 25.4. The first kappa shape index (κ1) is 25.5. The molecule has 0 saturated carbocycles. The Morgan fingerprint density at radius 2 is 1.85 bits per heavy atom. The van der Waals surface area contributed by atoms with Gasteiger partial charge in [-0.3, -0.25) is 18.7 Å². The molecule has 0 bridgehead atoms. The number of ether oxygens (including phenoxy) is 1. The van der Waals surface area contributed by atoms with Gasteiger partial charge in [-0.25, -0.2) is 14.6 Å². The minimum absolute atomic E-state index is 0.0352. The highest BCUT2D eigenvalue weighted by Gasteiger charge is 2.31. The van der Waals surface area contributed by atoms with Crippen molar-refractivity contribution in [3.05, 3.63) is 38.7 Å². The summed E-state index contributed by atoms with van der Waals surface area (Å²) in [5.74, 6) is -0.155. The van der Waals surface area contributed by atoms with Gasteiger partial charge in [-0.2, -0.15) is 0 Å². The Labute approximate surface area is 199 Å². The molecular formula is C24H35N5O5. The molecule has 1 saturated heterocycles. The van der Waals surface area contributed by atoms with Gasteiger partial charge in [-0.1, -0.05) is 0 Å². The summed E-state index contributed by atoms with van der Waals surface area (Å²) in [6, 6.07) is 3.04. The SMILES string of the molecule is CC(C)N(CC1CCCN(C(=O)c2ccc3c(=O)n(C)c(=O)n(C)c3n2)C1)C(=O)OC(C)(C)C. The first-order chi connectivity index (χ1) is 15.8. The molecule has 10 heteroatoms. The predicted octanol–water partition coefficient (Wildman–Crippen LogP) is 2.13. The van der Waals surface area contributed by atoms with Crippen LogP contribution in [0.5, 0.6) is 0 Å². The number of pyridine rings is 1. The van der Waals surface area contributed by atoms with Crippen LogP contribution in [0.15, 0.2) is 21.7 Å². The van der Waals surface area contributed by atoms with Crippen molar-refractivity contribution in [3.8, 4) is 0 Å². The Kier molecular flexibility index (Phi) is 7.18. The van der Waals surface area contributed by atoms with Gasteiger partial charge in [0.05, 0.1) is 5.39 Å². The van der Waals surface area contributed by atoms with E-state index in [-0.39, 0.29) is 40.7 Å². The molecular weight excluding hydrogens is 438 g/mol. The molecule has 3 heterocycles. The molecule has 2 aromatic heterocycles. The fourth-order valence-electron chi connectivity index (χ4n) is 4.23. The van der Waals surface area contributed by atoms with E-state index in [2.05, 4.69) is 4.98 Å². The van der Waals surface area contributed by atoms with Crippen molar-refractivity contribution in [3.63, 3.8) is 0 Å². The van der Waals surface area contributed by atoms with Gasteiger partial charge in [0.25, 0.3) is 11.5 Å². The Morgan fingerprint density at radius 3 is 2.47 bits per heavy atom. The summed E-state index contributed by atoms with van der Waals surface area (Å²) in [6.45, 7) is 11.0. The van der Waals surface area contributed by atoms with Gasteiger partial charge in [0.1, 0.15) is 16.9 Å². The summed E-state index contributed by atoms with van der Waals surface area (Å²) in [5, 5.41) is 0.280. The highest BCUT2D eigenvalue weighted by Crippen LogP contribution is 2.22. The molecule has 2 aromatic rings. The Morgan fingerprint density at radius 1 is 1.18 bits per heavy atom. The third kappa shape index (κ3) is 5.31. The number of hydrogen-bond donors (Lipinski definition) is 0. The van der Waals surface area contributed by atoms with Crippen molar-refractivity contribution in [2.45, 2.75) is 59.1 Å². The monoisotopic (exact) mass is 473 g/mol. The van der Waals surface area contributed by atoms with E-state index in [1.807, 2.05) is 34.6 Å². The summed E-state index contributed by atoms with van der Waals surface area (Å²) < 4.78 is 7.86. The number of amides is 2. The third-order valence-corrected chi connectivity index (χ3v) is 6.03. The average Bonchev–Trinajstić information content (AvgIpc) is 2.77. The first-order valence-corrected chi connectivity index (χ1v) is 11.7. The van der Waals surface area contributed by atoms with Crippen molar-refractivity contribution in [1.29, 1.82) is 0 Å². The highest BCUT2D eigenvalue weighted by atomic mass is 16.6. The third-order valence-electron chi connectivity index (χ3n) is 6.03. The van der Waals surface area contributed by atoms with Gasteiger partial charge in [-0.15, -0.1) is 0 Å². The van der Waals surface area contributed by atoms with E-state index in [9.17, 15) is 19.2 Å². The molecule has 1 fully saturated rings. The van der Waals surface area contributed by atoms with Crippen LogP contribution in [0.1, 0.15) is 57.9 Å². The molecule has 0 aromatic carbocycles. The molecule has 0 spiro atoms. The van der Waals surface area contributed by atoms with Crippen LogP contribution in [0.2, 0.25) is 0 Å². The van der Waals surface area contributed by atoms with Crippen molar-refractivity contribution in [1.82, 2.24) is 23.9 Å². The van der Waals surface area contributed by atoms with Crippen LogP contribution >= 0.6 is 0 Å². The summed E-state index contributed by atoms with van der Waals surface area (Å²) in [4.78, 5) is 58.5. The van der Waals surface area contributed by atoms with Crippen LogP contribution in [0.25, 0.3) is 11.0 Å². The van der Waals surface area contributed by atoms with Crippen LogP contribution < -0.4 is 11.2 Å². The number of fused-ring (bicyclic) bond motifs is 1. The lowest BCUT2D eigenvalue weighted by Gasteiger charge is -2.37. The second kappa shape index (κ2) is 9.60. The molecule has 1 aliphatic heterocycles. The molecule has 1 unspecified atom stereocenters. The zero-order valence-corrected chi connectivity index (χ0v) is 21.1. The van der Waals surface area contributed by atoms with Crippen LogP contribution in [-0.4, -0.2) is 67.2 Å². The van der Waals surface area contributed by atoms with E-state index in [1.165, 1.54) is 24.7 Å². The fourth-order valence-corrected chi connectivity index (χ4v) is 4.23. The van der Waals surface area contributed by atoms with Crippen molar-refractivity contribution >= 4 is 23.0 Å². The van der Waals surface area contributed by atoms with Crippen LogP contribution in [0.3, 0.4) is 0 Å². The predicted molar refractivity (Wildman–Crippen MR) is 129 cm³/mol. The topological polar surface area (TPSA) is 107 Å². The standard InChI is InChI=1S/C24H35N5O5/c1-15(2)29(23(33)34-24(3,4)5)14-16-9-8-12-28(13-16)21(31)18-11-10-17-19(25-18)26(6)22(32)27(7)20(17)30/h10-11,15-16H,8-9,12-14H2,1-7H3. The van der Waals surface area contributed by atoms with Crippen molar-refractivity contribution < 1.29 is 14.3 Å². The molecule has 10 nitrogen and oxygen atoms in total. The molecule has 2 amide bonds. The number of aryl methyl sites for hydroxylation is 1. The molecule has 1 atom stereocenters. The molecule has 34 heavy (non-hydrogen) atoms. The minimum atomic E-state index is -0.582. The van der Waals surface area contributed by atoms with Crippen molar-refractivity contribution in [2.24, 2.45) is 20.0 Å². The Balaban J connectivity index is 1.80. The van der Waals surface area contributed by atoms with Gasteiger partial charge < -0.3 is 14.5 Å². The summed E-state index contributed by atoms with van der Waals surface area (Å²) in [5.41, 5.74) is -1.16. The number of nitrogens with zero attached hydrogens (tertiary/aromatic N) is 5. The molecule has 1 aliphatic rings. The van der Waals surface area contributed by atoms with Crippen LogP contribution in [-0.2, 0) is 18.8 Å². The quantitative estimate of drug-likeness (QED) is 0.673. The number of hydrogen-bond acceptors (Lipinski definition) is 6. The lowest BCUT2D eigenvalue weighted by atomic mass is 9.96. The smallest absolute Gasteiger partial charge is 0.410 e. The van der Waals surface area contributed by atoms with Crippen LogP contribution in [0.4, 0.5) is 4.79 Å². The number of likely N-dealkylation sites (tertiary alicyclic amines) is 1. The van der Waals surface area contributed by atoms with Gasteiger partial charge in [0.2, 0.25) is 0 Å². The van der Waals surface area contributed by atoms with Gasteiger partial charge in [0, 0.05) is 39.8 Å². The van der Waals surface area contributed by atoms with E-state index in [1.54, 1.807) is 15.9 Å². The summed E-state index contributed by atoms with van der Waals surface area (Å²) in [7, 11) is 2.94. The number of aromatic nitrogens is 3. The maximum Gasteiger partial charge on any atom is 0.410 e. The lowest BCUT2D eigenvalue weighted by Crippen LogP contribution is -2.48. The van der Waals surface area contributed by atoms with E-state index in [0.717, 1.165) is 17.4 Å². The van der Waals surface area contributed by atoms with Gasteiger partial charge >= 0.3 is 11.8 Å². The molecule has 0 N–H and O–H groups in total. The Hall–Kier alpha value is -3.17. The van der Waals surface area contributed by atoms with Gasteiger partial charge in [-0.05, 0) is 65.5 Å². The summed E-state index contributed by atoms with van der Waals surface area (Å²) in [6.07, 6.45) is 1.35. The number of carbonyl (C=O) groups is 2. The minimum Gasteiger partial charge on any atom is -0.444 e. The molecule has 0 radical (unpaired) electrons.